The fraction of sp³-hybridized carbons (Fsp3) is 0.241. The Hall–Kier alpha value is -4.26. The summed E-state index contributed by atoms with van der Waals surface area (Å²) in [5.74, 6) is 0.360. The second-order valence-electron chi connectivity index (χ2n) is 9.35. The zero-order valence-electron chi connectivity index (χ0n) is 20.4. The summed E-state index contributed by atoms with van der Waals surface area (Å²) in [7, 11) is 0. The molecular weight excluding hydrogens is 458 g/mol. The number of aliphatic hydroxyl groups is 1. The molecule has 0 saturated carbocycles. The fourth-order valence-corrected chi connectivity index (χ4v) is 4.33. The average molecular weight is 486 g/mol. The van der Waals surface area contributed by atoms with Gasteiger partial charge < -0.3 is 19.3 Å². The molecule has 1 atom stereocenters. The number of rotatable bonds is 6. The monoisotopic (exact) mass is 485 g/mol. The molecule has 3 aromatic carbocycles. The zero-order chi connectivity index (χ0) is 25.4. The van der Waals surface area contributed by atoms with E-state index in [-0.39, 0.29) is 18.1 Å². The van der Waals surface area contributed by atoms with Crippen LogP contribution in [0, 0.1) is 12.8 Å². The van der Waals surface area contributed by atoms with Crippen molar-refractivity contribution in [2.24, 2.45) is 5.92 Å². The summed E-state index contributed by atoms with van der Waals surface area (Å²) >= 11 is 0. The molecule has 0 bridgehead atoms. The van der Waals surface area contributed by atoms with E-state index < -0.39 is 17.7 Å². The number of amides is 1. The maximum Gasteiger partial charge on any atom is 0.300 e. The largest absolute Gasteiger partial charge is 0.507 e. The first-order chi connectivity index (χ1) is 17.3. The molecule has 1 unspecified atom stereocenters. The summed E-state index contributed by atoms with van der Waals surface area (Å²) in [6.07, 6.45) is 0. The lowest BCUT2D eigenvalue weighted by Gasteiger charge is -2.25. The Morgan fingerprint density at radius 1 is 1.00 bits per heavy atom. The van der Waals surface area contributed by atoms with Gasteiger partial charge in [-0.15, -0.1) is 0 Å². The van der Waals surface area contributed by atoms with E-state index in [1.54, 1.807) is 30.3 Å². The van der Waals surface area contributed by atoms with Crippen molar-refractivity contribution in [1.82, 2.24) is 0 Å². The van der Waals surface area contributed by atoms with Gasteiger partial charge in [0.25, 0.3) is 11.7 Å². The minimum atomic E-state index is -0.822. The van der Waals surface area contributed by atoms with Gasteiger partial charge in [0.05, 0.1) is 18.2 Å². The number of aliphatic hydroxyl groups excluding tert-OH is 1. The molecule has 2 aliphatic rings. The molecule has 3 aromatic rings. The molecule has 1 fully saturated rings. The summed E-state index contributed by atoms with van der Waals surface area (Å²) in [4.78, 5) is 28.1. The molecule has 2 aliphatic heterocycles. The first-order valence-corrected chi connectivity index (χ1v) is 11.8. The molecule has 1 N–H and O–H groups in total. The number of aryl methyl sites for hydroxylation is 1. The lowest BCUT2D eigenvalue weighted by molar-refractivity contribution is -0.132. The smallest absolute Gasteiger partial charge is 0.300 e. The number of ketones is 1. The molecule has 0 aromatic heterocycles. The van der Waals surface area contributed by atoms with Gasteiger partial charge in [0.15, 0.2) is 11.5 Å². The summed E-state index contributed by atoms with van der Waals surface area (Å²) in [6, 6.07) is 18.7. The molecule has 0 spiro atoms. The number of fused-ring (bicyclic) bond motifs is 1. The van der Waals surface area contributed by atoms with E-state index in [2.05, 4.69) is 13.8 Å². The second kappa shape index (κ2) is 9.41. The summed E-state index contributed by atoms with van der Waals surface area (Å²) in [5.41, 5.74) is 2.64. The standard InChI is InChI=1S/C29H27NO6/c1-17(2)15-34-22-11-6-19(7-12-22)26-25(27(31)20-8-13-23-24(14-20)36-16-35-23)28(32)29(33)30(26)21-9-4-18(3)5-10-21/h4-14,17,26,31H,15-16H2,1-3H3/b27-25-. The Labute approximate surface area is 209 Å². The Morgan fingerprint density at radius 3 is 2.39 bits per heavy atom. The van der Waals surface area contributed by atoms with Crippen LogP contribution in [0.4, 0.5) is 5.69 Å². The Morgan fingerprint density at radius 2 is 1.69 bits per heavy atom. The quantitative estimate of drug-likeness (QED) is 0.286. The maximum absolute atomic E-state index is 13.3. The van der Waals surface area contributed by atoms with Gasteiger partial charge in [0, 0.05) is 11.3 Å². The van der Waals surface area contributed by atoms with Crippen LogP contribution >= 0.6 is 0 Å². The predicted octanol–water partition coefficient (Wildman–Crippen LogP) is 5.38. The number of anilines is 1. The Balaban J connectivity index is 1.62. The van der Waals surface area contributed by atoms with E-state index in [4.69, 9.17) is 14.2 Å². The minimum Gasteiger partial charge on any atom is -0.507 e. The number of benzene rings is 3. The van der Waals surface area contributed by atoms with Gasteiger partial charge in [-0.3, -0.25) is 14.5 Å². The van der Waals surface area contributed by atoms with Crippen LogP contribution in [-0.2, 0) is 9.59 Å². The van der Waals surface area contributed by atoms with Crippen LogP contribution in [0.2, 0.25) is 0 Å². The van der Waals surface area contributed by atoms with Crippen LogP contribution in [0.1, 0.15) is 36.6 Å². The van der Waals surface area contributed by atoms with E-state index in [9.17, 15) is 14.7 Å². The zero-order valence-corrected chi connectivity index (χ0v) is 20.4. The van der Waals surface area contributed by atoms with Gasteiger partial charge in [-0.05, 0) is 60.9 Å². The summed E-state index contributed by atoms with van der Waals surface area (Å²) in [5, 5.41) is 11.3. The first-order valence-electron chi connectivity index (χ1n) is 11.8. The van der Waals surface area contributed by atoms with Crippen LogP contribution in [0.3, 0.4) is 0 Å². The molecule has 5 rings (SSSR count). The molecular formula is C29H27NO6. The molecule has 1 amide bonds. The van der Waals surface area contributed by atoms with Gasteiger partial charge >= 0.3 is 0 Å². The van der Waals surface area contributed by atoms with Crippen LogP contribution in [0.25, 0.3) is 5.76 Å². The highest BCUT2D eigenvalue weighted by Crippen LogP contribution is 2.43. The minimum absolute atomic E-state index is 0.00953. The van der Waals surface area contributed by atoms with E-state index in [0.717, 1.165) is 5.56 Å². The van der Waals surface area contributed by atoms with Gasteiger partial charge in [-0.2, -0.15) is 0 Å². The van der Waals surface area contributed by atoms with Crippen molar-refractivity contribution >= 4 is 23.1 Å². The third kappa shape index (κ3) is 4.28. The van der Waals surface area contributed by atoms with E-state index in [0.29, 0.717) is 46.6 Å². The van der Waals surface area contributed by atoms with Crippen molar-refractivity contribution in [3.05, 3.63) is 89.0 Å². The third-order valence-electron chi connectivity index (χ3n) is 6.18. The molecule has 184 valence electrons. The van der Waals surface area contributed by atoms with Crippen molar-refractivity contribution in [1.29, 1.82) is 0 Å². The normalized spacial score (nSPS) is 18.2. The molecule has 0 radical (unpaired) electrons. The lowest BCUT2D eigenvalue weighted by Crippen LogP contribution is -2.29. The topological polar surface area (TPSA) is 85.3 Å². The first kappa shape index (κ1) is 23.5. The maximum atomic E-state index is 13.3. The highest BCUT2D eigenvalue weighted by Gasteiger charge is 2.47. The van der Waals surface area contributed by atoms with E-state index in [1.807, 2.05) is 43.3 Å². The molecule has 2 heterocycles. The molecule has 0 aliphatic carbocycles. The Kier molecular flexibility index (Phi) is 6.14. The summed E-state index contributed by atoms with van der Waals surface area (Å²) < 4.78 is 16.6. The van der Waals surface area contributed by atoms with Crippen molar-refractivity contribution in [2.45, 2.75) is 26.8 Å². The number of carbonyl (C=O) groups is 2. The van der Waals surface area contributed by atoms with Crippen LogP contribution < -0.4 is 19.1 Å². The SMILES string of the molecule is Cc1ccc(N2C(=O)C(=O)/C(=C(\O)c3ccc4c(c3)OCO4)C2c2ccc(OCC(C)C)cc2)cc1. The van der Waals surface area contributed by atoms with Gasteiger partial charge in [-0.25, -0.2) is 0 Å². The number of hydrogen-bond donors (Lipinski definition) is 1. The molecule has 1 saturated heterocycles. The third-order valence-corrected chi connectivity index (χ3v) is 6.18. The molecule has 7 heteroatoms. The lowest BCUT2D eigenvalue weighted by atomic mass is 9.95. The average Bonchev–Trinajstić information content (AvgIpc) is 3.45. The highest BCUT2D eigenvalue weighted by molar-refractivity contribution is 6.51. The highest BCUT2D eigenvalue weighted by atomic mass is 16.7. The van der Waals surface area contributed by atoms with E-state index in [1.165, 1.54) is 4.90 Å². The van der Waals surface area contributed by atoms with Crippen molar-refractivity contribution in [3.8, 4) is 17.2 Å². The van der Waals surface area contributed by atoms with Crippen LogP contribution in [-0.4, -0.2) is 30.2 Å². The Bertz CT molecular complexity index is 1340. The fourth-order valence-electron chi connectivity index (χ4n) is 4.33. The van der Waals surface area contributed by atoms with Crippen molar-refractivity contribution < 1.29 is 28.9 Å². The number of Topliss-reactive ketones (excluding diaryl/α,β-unsaturated/α-hetero) is 1. The summed E-state index contributed by atoms with van der Waals surface area (Å²) in [6.45, 7) is 6.75. The van der Waals surface area contributed by atoms with Gasteiger partial charge in [0.2, 0.25) is 6.79 Å². The van der Waals surface area contributed by atoms with Crippen molar-refractivity contribution in [2.75, 3.05) is 18.3 Å². The van der Waals surface area contributed by atoms with E-state index >= 15 is 0 Å². The van der Waals surface area contributed by atoms with Gasteiger partial charge in [-0.1, -0.05) is 43.7 Å². The number of carbonyl (C=O) groups excluding carboxylic acids is 2. The second-order valence-corrected chi connectivity index (χ2v) is 9.35. The number of nitrogens with zero attached hydrogens (tertiary/aromatic N) is 1. The van der Waals surface area contributed by atoms with Crippen molar-refractivity contribution in [3.63, 3.8) is 0 Å². The van der Waals surface area contributed by atoms with Gasteiger partial charge in [0.1, 0.15) is 11.5 Å². The molecule has 36 heavy (non-hydrogen) atoms. The predicted molar refractivity (Wildman–Crippen MR) is 135 cm³/mol. The molecule has 7 nitrogen and oxygen atoms in total. The van der Waals surface area contributed by atoms with Crippen LogP contribution in [0.15, 0.2) is 72.3 Å². The number of ether oxygens (including phenoxy) is 3. The van der Waals surface area contributed by atoms with Crippen LogP contribution in [0.5, 0.6) is 17.2 Å². The number of hydrogen-bond acceptors (Lipinski definition) is 6.